The van der Waals surface area contributed by atoms with E-state index in [2.05, 4.69) is 13.8 Å². The summed E-state index contributed by atoms with van der Waals surface area (Å²) in [6, 6.07) is 5.94. The summed E-state index contributed by atoms with van der Waals surface area (Å²) in [6.45, 7) is 4.52. The normalized spacial score (nSPS) is 12.4. The first-order valence-corrected chi connectivity index (χ1v) is 9.96. The third-order valence-corrected chi connectivity index (χ3v) is 4.78. The molecule has 132 valence electrons. The van der Waals surface area contributed by atoms with Crippen LogP contribution < -0.4 is 5.56 Å². The molecule has 0 spiro atoms. The number of hydrogen-bond acceptors (Lipinski definition) is 1. The summed E-state index contributed by atoms with van der Waals surface area (Å²) in [5.74, 6) is 0. The Bertz CT molecular complexity index is 437. The Kier molecular flexibility index (Phi) is 11.6. The molecule has 1 heterocycles. The van der Waals surface area contributed by atoms with Gasteiger partial charge in [0.1, 0.15) is 0 Å². The van der Waals surface area contributed by atoms with Crippen molar-refractivity contribution in [2.24, 2.45) is 0 Å². The first-order chi connectivity index (χ1) is 11.3. The lowest BCUT2D eigenvalue weighted by Gasteiger charge is -2.20. The van der Waals surface area contributed by atoms with E-state index in [0.717, 1.165) is 12.8 Å². The molecule has 2 nitrogen and oxygen atoms in total. The van der Waals surface area contributed by atoms with Gasteiger partial charge in [0.15, 0.2) is 0 Å². The van der Waals surface area contributed by atoms with Crippen LogP contribution in [0.1, 0.15) is 103 Å². The Hall–Kier alpha value is -1.05. The van der Waals surface area contributed by atoms with Crippen LogP contribution in [-0.4, -0.2) is 4.57 Å². The second-order valence-corrected chi connectivity index (χ2v) is 6.86. The van der Waals surface area contributed by atoms with Crippen LogP contribution in [0.5, 0.6) is 0 Å². The van der Waals surface area contributed by atoms with Gasteiger partial charge in [0, 0.05) is 18.3 Å². The van der Waals surface area contributed by atoms with E-state index in [1.807, 2.05) is 22.9 Å². The van der Waals surface area contributed by atoms with E-state index in [4.69, 9.17) is 0 Å². The number of rotatable bonds is 14. The number of aromatic nitrogens is 1. The molecule has 1 aromatic heterocycles. The Morgan fingerprint density at radius 1 is 0.783 bits per heavy atom. The number of nitrogens with zero attached hydrogens (tertiary/aromatic N) is 1. The van der Waals surface area contributed by atoms with Gasteiger partial charge in [-0.25, -0.2) is 0 Å². The molecule has 0 aliphatic rings. The quantitative estimate of drug-likeness (QED) is 0.359. The van der Waals surface area contributed by atoms with Crippen LogP contribution in [0.25, 0.3) is 0 Å². The molecule has 23 heavy (non-hydrogen) atoms. The molecule has 1 aromatic rings. The highest BCUT2D eigenvalue weighted by atomic mass is 16.1. The summed E-state index contributed by atoms with van der Waals surface area (Å²) in [5, 5.41) is 0. The summed E-state index contributed by atoms with van der Waals surface area (Å²) in [7, 11) is 0. The number of hydrogen-bond donors (Lipinski definition) is 0. The van der Waals surface area contributed by atoms with Crippen LogP contribution in [0.2, 0.25) is 0 Å². The van der Waals surface area contributed by atoms with Gasteiger partial charge in [-0.15, -0.1) is 0 Å². The van der Waals surface area contributed by atoms with E-state index in [1.54, 1.807) is 6.07 Å². The second kappa shape index (κ2) is 13.4. The molecule has 1 rings (SSSR count). The van der Waals surface area contributed by atoms with E-state index in [9.17, 15) is 4.79 Å². The largest absolute Gasteiger partial charge is 0.312 e. The average Bonchev–Trinajstić information content (AvgIpc) is 2.56. The van der Waals surface area contributed by atoms with Crippen molar-refractivity contribution >= 4 is 0 Å². The van der Waals surface area contributed by atoms with Gasteiger partial charge in [-0.3, -0.25) is 4.79 Å². The van der Waals surface area contributed by atoms with Crippen LogP contribution >= 0.6 is 0 Å². The van der Waals surface area contributed by atoms with Crippen molar-refractivity contribution in [1.29, 1.82) is 0 Å². The van der Waals surface area contributed by atoms with Crippen molar-refractivity contribution in [3.8, 4) is 0 Å². The van der Waals surface area contributed by atoms with E-state index < -0.39 is 0 Å². The van der Waals surface area contributed by atoms with Gasteiger partial charge in [0.05, 0.1) is 0 Å². The minimum absolute atomic E-state index is 0.164. The van der Waals surface area contributed by atoms with Crippen molar-refractivity contribution in [1.82, 2.24) is 4.57 Å². The van der Waals surface area contributed by atoms with Gasteiger partial charge >= 0.3 is 0 Å². The molecule has 0 aromatic carbocycles. The lowest BCUT2D eigenvalue weighted by molar-refractivity contribution is 0.386. The smallest absolute Gasteiger partial charge is 0.250 e. The maximum absolute atomic E-state index is 12.1. The van der Waals surface area contributed by atoms with Gasteiger partial charge in [-0.2, -0.15) is 0 Å². The van der Waals surface area contributed by atoms with Gasteiger partial charge in [-0.1, -0.05) is 90.5 Å². The zero-order chi connectivity index (χ0) is 16.8. The van der Waals surface area contributed by atoms with Gasteiger partial charge in [-0.05, 0) is 18.9 Å². The summed E-state index contributed by atoms with van der Waals surface area (Å²) >= 11 is 0. The zero-order valence-electron chi connectivity index (χ0n) is 15.4. The standard InChI is InChI=1S/C21H37NO/c1-3-5-7-9-11-13-17-20(16-12-10-8-6-4-2)22-19-15-14-18-21(22)23/h14-15,18-20H,3-13,16-17H2,1-2H3. The molecule has 0 amide bonds. The van der Waals surface area contributed by atoms with E-state index >= 15 is 0 Å². The fourth-order valence-corrected chi connectivity index (χ4v) is 3.31. The highest BCUT2D eigenvalue weighted by Crippen LogP contribution is 2.22. The van der Waals surface area contributed by atoms with Crippen molar-refractivity contribution in [3.05, 3.63) is 34.7 Å². The lowest BCUT2D eigenvalue weighted by Crippen LogP contribution is -2.23. The highest BCUT2D eigenvalue weighted by Gasteiger charge is 2.11. The Morgan fingerprint density at radius 2 is 1.30 bits per heavy atom. The van der Waals surface area contributed by atoms with Gasteiger partial charge in [0.25, 0.3) is 5.56 Å². The third-order valence-electron chi connectivity index (χ3n) is 4.78. The number of unbranched alkanes of at least 4 members (excludes halogenated alkanes) is 9. The van der Waals surface area contributed by atoms with Gasteiger partial charge < -0.3 is 4.57 Å². The highest BCUT2D eigenvalue weighted by molar-refractivity contribution is 4.95. The fourth-order valence-electron chi connectivity index (χ4n) is 3.31. The maximum atomic E-state index is 12.1. The molecule has 0 fully saturated rings. The summed E-state index contributed by atoms with van der Waals surface area (Å²) in [5.41, 5.74) is 0.164. The van der Waals surface area contributed by atoms with Crippen molar-refractivity contribution in [2.75, 3.05) is 0 Å². The molecular weight excluding hydrogens is 282 g/mol. The molecule has 0 aliphatic carbocycles. The molecule has 0 N–H and O–H groups in total. The number of pyridine rings is 1. The van der Waals surface area contributed by atoms with Crippen molar-refractivity contribution in [2.45, 2.75) is 103 Å². The SMILES string of the molecule is CCCCCCCCC(CCCCCCC)n1ccccc1=O. The molecular formula is C21H37NO. The van der Waals surface area contributed by atoms with Crippen molar-refractivity contribution in [3.63, 3.8) is 0 Å². The predicted octanol–water partition coefficient (Wildman–Crippen LogP) is 6.50. The van der Waals surface area contributed by atoms with Crippen LogP contribution in [-0.2, 0) is 0 Å². The molecule has 1 atom stereocenters. The maximum Gasteiger partial charge on any atom is 0.250 e. The monoisotopic (exact) mass is 319 g/mol. The molecule has 1 unspecified atom stereocenters. The van der Waals surface area contributed by atoms with Crippen LogP contribution in [0.15, 0.2) is 29.2 Å². The minimum Gasteiger partial charge on any atom is -0.312 e. The lowest BCUT2D eigenvalue weighted by atomic mass is 10.00. The van der Waals surface area contributed by atoms with Crippen molar-refractivity contribution < 1.29 is 0 Å². The minimum atomic E-state index is 0.164. The molecule has 0 aliphatic heterocycles. The molecule has 2 heteroatoms. The first kappa shape index (κ1) is 20.0. The zero-order valence-corrected chi connectivity index (χ0v) is 15.4. The second-order valence-electron chi connectivity index (χ2n) is 6.86. The van der Waals surface area contributed by atoms with Crippen LogP contribution in [0.3, 0.4) is 0 Å². The average molecular weight is 320 g/mol. The Labute approximate surface area is 143 Å². The van der Waals surface area contributed by atoms with Crippen LogP contribution in [0.4, 0.5) is 0 Å². The van der Waals surface area contributed by atoms with E-state index in [1.165, 1.54) is 70.6 Å². The molecule has 0 radical (unpaired) electrons. The summed E-state index contributed by atoms with van der Waals surface area (Å²) < 4.78 is 1.98. The fraction of sp³-hybridized carbons (Fsp3) is 0.762. The first-order valence-electron chi connectivity index (χ1n) is 9.96. The molecule has 0 saturated heterocycles. The van der Waals surface area contributed by atoms with E-state index in [-0.39, 0.29) is 5.56 Å². The predicted molar refractivity (Wildman–Crippen MR) is 101 cm³/mol. The third kappa shape index (κ3) is 8.98. The topological polar surface area (TPSA) is 22.0 Å². The van der Waals surface area contributed by atoms with Gasteiger partial charge in [0.2, 0.25) is 0 Å². The molecule has 0 saturated carbocycles. The summed E-state index contributed by atoms with van der Waals surface area (Å²) in [4.78, 5) is 12.1. The Morgan fingerprint density at radius 3 is 1.83 bits per heavy atom. The van der Waals surface area contributed by atoms with Crippen LogP contribution in [0, 0.1) is 0 Å². The Balaban J connectivity index is 2.42. The summed E-state index contributed by atoms with van der Waals surface area (Å²) in [6.07, 6.45) is 18.8. The molecule has 0 bridgehead atoms. The van der Waals surface area contributed by atoms with E-state index in [0.29, 0.717) is 6.04 Å².